The van der Waals surface area contributed by atoms with Crippen molar-refractivity contribution in [3.05, 3.63) is 55.1 Å². The summed E-state index contributed by atoms with van der Waals surface area (Å²) in [6.45, 7) is 3.64. The van der Waals surface area contributed by atoms with Gasteiger partial charge in [0.2, 0.25) is 15.9 Å². The lowest BCUT2D eigenvalue weighted by Gasteiger charge is -2.09. The number of sulfonamides is 1. The van der Waals surface area contributed by atoms with Gasteiger partial charge in [0.05, 0.1) is 4.90 Å². The van der Waals surface area contributed by atoms with Crippen LogP contribution in [0.1, 0.15) is 0 Å². The van der Waals surface area contributed by atoms with Crippen molar-refractivity contribution in [3.8, 4) is 0 Å². The third kappa shape index (κ3) is 3.68. The molecule has 2 N–H and O–H groups in total. The minimum absolute atomic E-state index is 0.116. The van der Waals surface area contributed by atoms with Crippen LogP contribution in [-0.4, -0.2) is 27.4 Å². The Labute approximate surface area is 123 Å². The van der Waals surface area contributed by atoms with Gasteiger partial charge in [-0.15, -0.1) is 0 Å². The Bertz CT molecular complexity index is 764. The molecule has 0 spiro atoms. The van der Waals surface area contributed by atoms with Gasteiger partial charge >= 0.3 is 0 Å². The lowest BCUT2D eigenvalue weighted by Crippen LogP contribution is -2.34. The van der Waals surface area contributed by atoms with Crippen LogP contribution >= 0.6 is 0 Å². The third-order valence-corrected chi connectivity index (χ3v) is 4.46. The molecule has 0 aliphatic rings. The van der Waals surface area contributed by atoms with E-state index in [1.165, 1.54) is 0 Å². The van der Waals surface area contributed by atoms with Gasteiger partial charge in [0.25, 0.3) is 0 Å². The maximum Gasteiger partial charge on any atom is 0.243 e. The van der Waals surface area contributed by atoms with E-state index in [4.69, 9.17) is 0 Å². The number of fused-ring (bicyclic) bond motifs is 1. The first-order valence-corrected chi connectivity index (χ1v) is 7.90. The zero-order valence-corrected chi connectivity index (χ0v) is 12.2. The number of carbonyl (C=O) groups is 1. The highest BCUT2D eigenvalue weighted by atomic mass is 32.2. The molecule has 5 nitrogen and oxygen atoms in total. The molecular formula is C15H16N2O3S. The van der Waals surface area contributed by atoms with Gasteiger partial charge in [-0.2, -0.15) is 0 Å². The normalized spacial score (nSPS) is 11.2. The zero-order chi connectivity index (χ0) is 15.3. The van der Waals surface area contributed by atoms with Crippen molar-refractivity contribution in [2.75, 3.05) is 13.1 Å². The van der Waals surface area contributed by atoms with Crippen LogP contribution in [0.4, 0.5) is 0 Å². The van der Waals surface area contributed by atoms with Gasteiger partial charge in [-0.3, -0.25) is 4.79 Å². The quantitative estimate of drug-likeness (QED) is 0.626. The summed E-state index contributed by atoms with van der Waals surface area (Å²) in [6, 6.07) is 12.4. The second-order valence-electron chi connectivity index (χ2n) is 4.37. The van der Waals surface area contributed by atoms with Crippen molar-refractivity contribution in [1.82, 2.24) is 10.0 Å². The molecule has 2 rings (SSSR count). The Balaban J connectivity index is 2.15. The maximum absolute atomic E-state index is 12.3. The molecule has 0 atom stereocenters. The summed E-state index contributed by atoms with van der Waals surface area (Å²) in [5, 5.41) is 4.04. The summed E-state index contributed by atoms with van der Waals surface area (Å²) in [5.74, 6) is -0.334. The molecule has 0 fully saturated rings. The van der Waals surface area contributed by atoms with Gasteiger partial charge in [0, 0.05) is 18.5 Å². The van der Waals surface area contributed by atoms with Crippen LogP contribution in [0, 0.1) is 0 Å². The van der Waals surface area contributed by atoms with E-state index < -0.39 is 10.0 Å². The number of hydrogen-bond acceptors (Lipinski definition) is 3. The number of nitrogens with one attached hydrogen (secondary N) is 2. The number of benzene rings is 2. The first-order chi connectivity index (χ1) is 10.0. The van der Waals surface area contributed by atoms with Crippen LogP contribution in [0.5, 0.6) is 0 Å². The van der Waals surface area contributed by atoms with Gasteiger partial charge in [0.1, 0.15) is 0 Å². The molecule has 110 valence electrons. The van der Waals surface area contributed by atoms with E-state index in [2.05, 4.69) is 16.6 Å². The molecular weight excluding hydrogens is 288 g/mol. The van der Waals surface area contributed by atoms with Gasteiger partial charge in [-0.25, -0.2) is 13.1 Å². The summed E-state index contributed by atoms with van der Waals surface area (Å²) in [6.07, 6.45) is 1.14. The van der Waals surface area contributed by atoms with Crippen LogP contribution in [-0.2, 0) is 14.8 Å². The molecule has 1 amide bonds. The molecule has 2 aromatic rings. The largest absolute Gasteiger partial charge is 0.351 e. The van der Waals surface area contributed by atoms with Crippen molar-refractivity contribution in [3.63, 3.8) is 0 Å². The van der Waals surface area contributed by atoms with E-state index in [-0.39, 0.29) is 23.9 Å². The molecule has 0 radical (unpaired) electrons. The minimum Gasteiger partial charge on any atom is -0.351 e. The molecule has 0 saturated heterocycles. The molecule has 6 heteroatoms. The molecule has 0 unspecified atom stereocenters. The topological polar surface area (TPSA) is 75.3 Å². The van der Waals surface area contributed by atoms with Crippen molar-refractivity contribution in [2.24, 2.45) is 0 Å². The van der Waals surface area contributed by atoms with Crippen molar-refractivity contribution < 1.29 is 13.2 Å². The number of amides is 1. The molecule has 0 saturated carbocycles. The highest BCUT2D eigenvalue weighted by Crippen LogP contribution is 2.22. The lowest BCUT2D eigenvalue weighted by atomic mass is 10.1. The fourth-order valence-electron chi connectivity index (χ4n) is 1.95. The average Bonchev–Trinajstić information content (AvgIpc) is 2.50. The Kier molecular flexibility index (Phi) is 4.72. The Morgan fingerprint density at radius 3 is 2.57 bits per heavy atom. The molecule has 0 aromatic heterocycles. The Morgan fingerprint density at radius 2 is 1.81 bits per heavy atom. The van der Waals surface area contributed by atoms with Gasteiger partial charge in [-0.1, -0.05) is 43.0 Å². The lowest BCUT2D eigenvalue weighted by molar-refractivity contribution is -0.116. The van der Waals surface area contributed by atoms with E-state index >= 15 is 0 Å². The van der Waals surface area contributed by atoms with Crippen LogP contribution in [0.2, 0.25) is 0 Å². The second-order valence-corrected chi connectivity index (χ2v) is 6.11. The Hall–Kier alpha value is -2.18. The predicted molar refractivity (Wildman–Crippen MR) is 82.3 cm³/mol. The SMILES string of the molecule is C=CC(=O)NCCNS(=O)(=O)c1cccc2ccccc12. The van der Waals surface area contributed by atoms with E-state index in [1.54, 1.807) is 24.3 Å². The molecule has 21 heavy (non-hydrogen) atoms. The van der Waals surface area contributed by atoms with Crippen LogP contribution in [0.25, 0.3) is 10.8 Å². The summed E-state index contributed by atoms with van der Waals surface area (Å²) in [7, 11) is -3.62. The van der Waals surface area contributed by atoms with E-state index in [0.717, 1.165) is 11.5 Å². The van der Waals surface area contributed by atoms with Crippen molar-refractivity contribution >= 4 is 26.7 Å². The van der Waals surface area contributed by atoms with Crippen LogP contribution in [0.15, 0.2) is 60.0 Å². The maximum atomic E-state index is 12.3. The summed E-state index contributed by atoms with van der Waals surface area (Å²) < 4.78 is 27.1. The first kappa shape index (κ1) is 15.2. The van der Waals surface area contributed by atoms with Crippen LogP contribution in [0.3, 0.4) is 0 Å². The second kappa shape index (κ2) is 6.51. The molecule has 0 bridgehead atoms. The van der Waals surface area contributed by atoms with Gasteiger partial charge in [0.15, 0.2) is 0 Å². The average molecular weight is 304 g/mol. The third-order valence-electron chi connectivity index (χ3n) is 2.94. The molecule has 0 heterocycles. The number of hydrogen-bond donors (Lipinski definition) is 2. The standard InChI is InChI=1S/C15H16N2O3S/c1-2-15(18)16-10-11-17-21(19,20)14-9-5-7-12-6-3-4-8-13(12)14/h2-9,17H,1,10-11H2,(H,16,18). The fraction of sp³-hybridized carbons (Fsp3) is 0.133. The number of rotatable bonds is 6. The number of carbonyl (C=O) groups excluding carboxylic acids is 1. The highest BCUT2D eigenvalue weighted by Gasteiger charge is 2.16. The minimum atomic E-state index is -3.62. The molecule has 2 aromatic carbocycles. The molecule has 0 aliphatic heterocycles. The zero-order valence-electron chi connectivity index (χ0n) is 11.4. The van der Waals surface area contributed by atoms with E-state index in [0.29, 0.717) is 5.39 Å². The first-order valence-electron chi connectivity index (χ1n) is 6.42. The van der Waals surface area contributed by atoms with Crippen LogP contribution < -0.4 is 10.0 Å². The van der Waals surface area contributed by atoms with Gasteiger partial charge in [-0.05, 0) is 17.5 Å². The fourth-order valence-corrected chi connectivity index (χ4v) is 3.21. The Morgan fingerprint density at radius 1 is 1.10 bits per heavy atom. The van der Waals surface area contributed by atoms with Gasteiger partial charge < -0.3 is 5.32 Å². The smallest absolute Gasteiger partial charge is 0.243 e. The van der Waals surface area contributed by atoms with Crippen molar-refractivity contribution in [2.45, 2.75) is 4.90 Å². The van der Waals surface area contributed by atoms with E-state index in [9.17, 15) is 13.2 Å². The predicted octanol–water partition coefficient (Wildman–Crippen LogP) is 1.42. The molecule has 0 aliphatic carbocycles. The highest BCUT2D eigenvalue weighted by molar-refractivity contribution is 7.89. The summed E-state index contributed by atoms with van der Waals surface area (Å²) in [4.78, 5) is 11.2. The van der Waals surface area contributed by atoms with E-state index in [1.807, 2.05) is 18.2 Å². The monoisotopic (exact) mass is 304 g/mol. The summed E-state index contributed by atoms with van der Waals surface area (Å²) >= 11 is 0. The van der Waals surface area contributed by atoms with Crippen molar-refractivity contribution in [1.29, 1.82) is 0 Å². The summed E-state index contributed by atoms with van der Waals surface area (Å²) in [5.41, 5.74) is 0.